The van der Waals surface area contributed by atoms with Gasteiger partial charge in [0.25, 0.3) is 5.56 Å². The van der Waals surface area contributed by atoms with Gasteiger partial charge in [-0.3, -0.25) is 9.78 Å². The number of pyridine rings is 1. The summed E-state index contributed by atoms with van der Waals surface area (Å²) in [4.78, 5) is 29.2. The van der Waals surface area contributed by atoms with Gasteiger partial charge in [-0.2, -0.15) is 5.10 Å². The average molecular weight is 377 g/mol. The van der Waals surface area contributed by atoms with Gasteiger partial charge in [0.15, 0.2) is 0 Å². The van der Waals surface area contributed by atoms with Gasteiger partial charge in [0.05, 0.1) is 24.2 Å². The van der Waals surface area contributed by atoms with Gasteiger partial charge in [0, 0.05) is 23.8 Å². The molecule has 1 aromatic carbocycles. The van der Waals surface area contributed by atoms with Crippen molar-refractivity contribution in [1.29, 1.82) is 0 Å². The topological polar surface area (TPSA) is 88.9 Å². The number of benzene rings is 1. The first-order valence-electron chi connectivity index (χ1n) is 9.63. The summed E-state index contributed by atoms with van der Waals surface area (Å²) < 4.78 is 1.44. The minimum atomic E-state index is -0.192. The third-order valence-electron chi connectivity index (χ3n) is 5.11. The van der Waals surface area contributed by atoms with E-state index in [4.69, 9.17) is 0 Å². The normalized spacial score (nSPS) is 14.3. The van der Waals surface area contributed by atoms with Crippen LogP contribution in [0.3, 0.4) is 0 Å². The molecular formula is C21H23N5O2. The highest BCUT2D eigenvalue weighted by Crippen LogP contribution is 2.17. The van der Waals surface area contributed by atoms with Gasteiger partial charge in [0.1, 0.15) is 0 Å². The van der Waals surface area contributed by atoms with Crippen molar-refractivity contribution in [3.05, 3.63) is 70.4 Å². The lowest BCUT2D eigenvalue weighted by molar-refractivity contribution is 0.236. The fourth-order valence-electron chi connectivity index (χ4n) is 3.68. The highest BCUT2D eigenvalue weighted by Gasteiger charge is 2.17. The van der Waals surface area contributed by atoms with Crippen molar-refractivity contribution in [2.75, 3.05) is 0 Å². The summed E-state index contributed by atoms with van der Waals surface area (Å²) in [6, 6.07) is 11.2. The van der Waals surface area contributed by atoms with Gasteiger partial charge < -0.3 is 10.6 Å². The molecule has 3 aromatic rings. The Morgan fingerprint density at radius 1 is 1.11 bits per heavy atom. The number of nitrogens with zero attached hydrogens (tertiary/aromatic N) is 3. The molecule has 28 heavy (non-hydrogen) atoms. The molecule has 2 N–H and O–H groups in total. The maximum absolute atomic E-state index is 12.8. The molecule has 0 radical (unpaired) electrons. The molecule has 1 fully saturated rings. The third-order valence-corrected chi connectivity index (χ3v) is 5.11. The van der Waals surface area contributed by atoms with Gasteiger partial charge in [-0.05, 0) is 30.5 Å². The zero-order chi connectivity index (χ0) is 19.3. The van der Waals surface area contributed by atoms with Crippen molar-refractivity contribution in [3.8, 4) is 0 Å². The fraction of sp³-hybridized carbons (Fsp3) is 0.333. The lowest BCUT2D eigenvalue weighted by Gasteiger charge is -2.14. The van der Waals surface area contributed by atoms with Gasteiger partial charge in [-0.15, -0.1) is 0 Å². The first-order chi connectivity index (χ1) is 13.7. The van der Waals surface area contributed by atoms with E-state index in [0.717, 1.165) is 36.6 Å². The Labute approximate surface area is 162 Å². The predicted octanol–water partition coefficient (Wildman–Crippen LogP) is 2.58. The number of aromatic nitrogens is 3. The van der Waals surface area contributed by atoms with Gasteiger partial charge in [-0.25, -0.2) is 9.48 Å². The largest absolute Gasteiger partial charge is 0.335 e. The van der Waals surface area contributed by atoms with E-state index in [9.17, 15) is 9.59 Å². The molecule has 0 atom stereocenters. The average Bonchev–Trinajstić information content (AvgIpc) is 3.23. The molecule has 0 unspecified atom stereocenters. The first-order valence-corrected chi connectivity index (χ1v) is 9.63. The number of carbonyl (C=O) groups is 1. The van der Waals surface area contributed by atoms with Crippen molar-refractivity contribution in [1.82, 2.24) is 25.4 Å². The summed E-state index contributed by atoms with van der Waals surface area (Å²) in [5.41, 5.74) is 1.41. The highest BCUT2D eigenvalue weighted by molar-refractivity contribution is 5.84. The van der Waals surface area contributed by atoms with Crippen LogP contribution in [0.1, 0.15) is 36.9 Å². The molecule has 0 bridgehead atoms. The van der Waals surface area contributed by atoms with Gasteiger partial charge in [0.2, 0.25) is 0 Å². The summed E-state index contributed by atoms with van der Waals surface area (Å²) >= 11 is 0. The summed E-state index contributed by atoms with van der Waals surface area (Å²) in [6.45, 7) is 0.588. The molecule has 1 saturated carbocycles. The summed E-state index contributed by atoms with van der Waals surface area (Å²) in [6.07, 6.45) is 7.80. The lowest BCUT2D eigenvalue weighted by Crippen LogP contribution is -2.41. The third kappa shape index (κ3) is 4.03. The molecule has 1 aliphatic rings. The molecule has 144 valence electrons. The van der Waals surface area contributed by atoms with Crippen LogP contribution in [0.25, 0.3) is 10.8 Å². The minimum Gasteiger partial charge on any atom is -0.335 e. The number of carbonyl (C=O) groups excluding carboxylic acids is 1. The predicted molar refractivity (Wildman–Crippen MR) is 107 cm³/mol. The quantitative estimate of drug-likeness (QED) is 0.715. The first kappa shape index (κ1) is 18.2. The van der Waals surface area contributed by atoms with Crippen molar-refractivity contribution in [2.24, 2.45) is 0 Å². The van der Waals surface area contributed by atoms with E-state index in [1.54, 1.807) is 18.5 Å². The Bertz CT molecular complexity index is 1030. The summed E-state index contributed by atoms with van der Waals surface area (Å²) in [7, 11) is 0. The number of amides is 2. The number of hydrogen-bond donors (Lipinski definition) is 2. The Morgan fingerprint density at radius 2 is 1.89 bits per heavy atom. The van der Waals surface area contributed by atoms with Crippen LogP contribution in [-0.4, -0.2) is 26.8 Å². The van der Waals surface area contributed by atoms with Crippen LogP contribution in [0.2, 0.25) is 0 Å². The number of urea groups is 1. The van der Waals surface area contributed by atoms with E-state index in [1.165, 1.54) is 4.68 Å². The second kappa shape index (κ2) is 8.21. The molecule has 7 nitrogen and oxygen atoms in total. The molecular weight excluding hydrogens is 354 g/mol. The van der Waals surface area contributed by atoms with E-state index >= 15 is 0 Å². The Balaban J connectivity index is 1.58. The smallest absolute Gasteiger partial charge is 0.315 e. The molecule has 7 heteroatoms. The van der Waals surface area contributed by atoms with Crippen LogP contribution in [0.5, 0.6) is 0 Å². The maximum atomic E-state index is 12.8. The number of rotatable bonds is 5. The van der Waals surface area contributed by atoms with Crippen LogP contribution in [0.15, 0.2) is 53.6 Å². The van der Waals surface area contributed by atoms with Crippen LogP contribution in [0.4, 0.5) is 4.79 Å². The van der Waals surface area contributed by atoms with Crippen LogP contribution >= 0.6 is 0 Å². The lowest BCUT2D eigenvalue weighted by atomic mass is 10.1. The molecule has 0 spiro atoms. The SMILES string of the molecule is O=C(NCc1nn(Cc2cccnc2)c(=O)c2ccccc12)NC1CCCC1. The van der Waals surface area contributed by atoms with Crippen LogP contribution in [0, 0.1) is 0 Å². The molecule has 0 saturated heterocycles. The Hall–Kier alpha value is -3.22. The zero-order valence-corrected chi connectivity index (χ0v) is 15.6. The molecule has 2 amide bonds. The van der Waals surface area contributed by atoms with E-state index < -0.39 is 0 Å². The van der Waals surface area contributed by atoms with Crippen molar-refractivity contribution in [3.63, 3.8) is 0 Å². The molecule has 0 aliphatic heterocycles. The van der Waals surface area contributed by atoms with E-state index in [2.05, 4.69) is 20.7 Å². The Kier molecular flexibility index (Phi) is 5.32. The summed E-state index contributed by atoms with van der Waals surface area (Å²) in [5.74, 6) is 0. The highest BCUT2D eigenvalue weighted by atomic mass is 16.2. The number of nitrogens with one attached hydrogen (secondary N) is 2. The second-order valence-corrected chi connectivity index (χ2v) is 7.12. The monoisotopic (exact) mass is 377 g/mol. The van der Waals surface area contributed by atoms with Crippen molar-refractivity contribution < 1.29 is 4.79 Å². The van der Waals surface area contributed by atoms with Gasteiger partial charge >= 0.3 is 6.03 Å². The van der Waals surface area contributed by atoms with E-state index in [1.807, 2.05) is 30.3 Å². The van der Waals surface area contributed by atoms with Crippen LogP contribution in [-0.2, 0) is 13.1 Å². The summed E-state index contributed by atoms with van der Waals surface area (Å²) in [5, 5.41) is 11.8. The van der Waals surface area contributed by atoms with E-state index in [0.29, 0.717) is 17.6 Å². The Morgan fingerprint density at radius 3 is 2.64 bits per heavy atom. The zero-order valence-electron chi connectivity index (χ0n) is 15.6. The molecule has 4 rings (SSSR count). The van der Waals surface area contributed by atoms with Crippen molar-refractivity contribution in [2.45, 2.75) is 44.8 Å². The number of hydrogen-bond acceptors (Lipinski definition) is 4. The minimum absolute atomic E-state index is 0.154. The van der Waals surface area contributed by atoms with Crippen LogP contribution < -0.4 is 16.2 Å². The fourth-order valence-corrected chi connectivity index (χ4v) is 3.68. The molecule has 2 heterocycles. The maximum Gasteiger partial charge on any atom is 0.315 e. The number of fused-ring (bicyclic) bond motifs is 1. The molecule has 1 aliphatic carbocycles. The molecule has 2 aromatic heterocycles. The van der Waals surface area contributed by atoms with E-state index in [-0.39, 0.29) is 24.2 Å². The second-order valence-electron chi connectivity index (χ2n) is 7.12. The standard InChI is InChI=1S/C21H23N5O2/c27-20-18-10-4-3-9-17(18)19(13-23-21(28)24-16-7-1-2-8-16)25-26(20)14-15-6-5-11-22-12-15/h3-6,9-12,16H,1-2,7-8,13-14H2,(H2,23,24,28). The van der Waals surface area contributed by atoms with Crippen molar-refractivity contribution >= 4 is 16.8 Å². The van der Waals surface area contributed by atoms with Gasteiger partial charge in [-0.1, -0.05) is 37.1 Å².